The Morgan fingerprint density at radius 2 is 2.00 bits per heavy atom. The van der Waals surface area contributed by atoms with Crippen LogP contribution in [0.1, 0.15) is 34.1 Å². The number of hydrogen-bond acceptors (Lipinski definition) is 5. The van der Waals surface area contributed by atoms with E-state index < -0.39 is 20.6 Å². The van der Waals surface area contributed by atoms with E-state index in [1.165, 1.54) is 0 Å². The molecule has 0 aromatic carbocycles. The van der Waals surface area contributed by atoms with Crippen molar-refractivity contribution in [2.75, 3.05) is 13.7 Å². The van der Waals surface area contributed by atoms with Crippen molar-refractivity contribution in [2.24, 2.45) is 0 Å². The van der Waals surface area contributed by atoms with Gasteiger partial charge in [-0.3, -0.25) is 0 Å². The quantitative estimate of drug-likeness (QED) is 0.280. The highest BCUT2D eigenvalue weighted by molar-refractivity contribution is 6.60. The first-order valence-electron chi connectivity index (χ1n) is 6.09. The molecular formula is C12H24O5Si. The van der Waals surface area contributed by atoms with E-state index in [0.717, 1.165) is 12.5 Å². The molecule has 0 spiro atoms. The summed E-state index contributed by atoms with van der Waals surface area (Å²) < 4.78 is 22.1. The zero-order valence-corrected chi connectivity index (χ0v) is 12.9. The van der Waals surface area contributed by atoms with Crippen LogP contribution in [0.3, 0.4) is 0 Å². The van der Waals surface area contributed by atoms with E-state index in [-0.39, 0.29) is 0 Å². The van der Waals surface area contributed by atoms with E-state index in [9.17, 15) is 4.79 Å². The number of hydrogen-bond donors (Lipinski definition) is 0. The molecule has 0 radical (unpaired) electrons. The average molecular weight is 276 g/mol. The number of carbonyl (C=O) groups is 1. The van der Waals surface area contributed by atoms with Crippen molar-refractivity contribution in [1.29, 1.82) is 0 Å². The van der Waals surface area contributed by atoms with E-state index in [0.29, 0.717) is 12.7 Å². The van der Waals surface area contributed by atoms with Crippen LogP contribution in [0.25, 0.3) is 0 Å². The molecule has 0 saturated carbocycles. The first-order chi connectivity index (χ1) is 8.34. The fourth-order valence-corrected chi connectivity index (χ4v) is 4.11. The summed E-state index contributed by atoms with van der Waals surface area (Å²) in [5, 5.41) is 0. The lowest BCUT2D eigenvalue weighted by Crippen LogP contribution is -2.51. The summed E-state index contributed by atoms with van der Waals surface area (Å²) >= 11 is 0. The van der Waals surface area contributed by atoms with Gasteiger partial charge in [-0.1, -0.05) is 19.9 Å². The molecule has 6 heteroatoms. The predicted octanol–water partition coefficient (Wildman–Crippen LogP) is 2.50. The van der Waals surface area contributed by atoms with Gasteiger partial charge in [-0.2, -0.15) is 0 Å². The van der Waals surface area contributed by atoms with E-state index in [1.54, 1.807) is 21.0 Å². The Labute approximate surface area is 110 Å². The zero-order chi connectivity index (χ0) is 14.2. The van der Waals surface area contributed by atoms with Crippen LogP contribution in [0.4, 0.5) is 0 Å². The number of carbonyl (C=O) groups excluding carboxylic acids is 1. The third kappa shape index (κ3) is 5.77. The van der Waals surface area contributed by atoms with Gasteiger partial charge in [0.15, 0.2) is 0 Å². The summed E-state index contributed by atoms with van der Waals surface area (Å²) in [5.41, 5.74) is 0. The normalized spacial score (nSPS) is 14.9. The highest BCUT2D eigenvalue weighted by Crippen LogP contribution is 2.25. The molecule has 0 heterocycles. The maximum atomic E-state index is 11.2. The maximum absolute atomic E-state index is 11.2. The van der Waals surface area contributed by atoms with Crippen molar-refractivity contribution in [3.8, 4) is 0 Å². The molecule has 0 aliphatic heterocycles. The molecule has 5 nitrogen and oxygen atoms in total. The molecule has 0 fully saturated rings. The molecular weight excluding hydrogens is 252 g/mol. The Hall–Kier alpha value is -0.693. The second-order valence-corrected chi connectivity index (χ2v) is 6.96. The van der Waals surface area contributed by atoms with Gasteiger partial charge in [0.2, 0.25) is 5.79 Å². The molecule has 1 unspecified atom stereocenters. The molecule has 18 heavy (non-hydrogen) atoms. The molecule has 0 N–H and O–H groups in total. The van der Waals surface area contributed by atoms with Crippen LogP contribution in [-0.2, 0) is 22.8 Å². The van der Waals surface area contributed by atoms with Gasteiger partial charge in [-0.25, -0.2) is 4.79 Å². The molecule has 106 valence electrons. The first-order valence-corrected chi connectivity index (χ1v) is 8.02. The van der Waals surface area contributed by atoms with Gasteiger partial charge in [-0.15, -0.1) is 0 Å². The summed E-state index contributed by atoms with van der Waals surface area (Å²) in [6.45, 7) is 11.1. The predicted molar refractivity (Wildman–Crippen MR) is 70.9 cm³/mol. The van der Waals surface area contributed by atoms with Crippen LogP contribution in [0.2, 0.25) is 6.04 Å². The minimum absolute atomic E-state index is 0.492. The van der Waals surface area contributed by atoms with Crippen molar-refractivity contribution in [3.63, 3.8) is 0 Å². The average Bonchev–Trinajstić information content (AvgIpc) is 2.28. The van der Waals surface area contributed by atoms with Gasteiger partial charge in [-0.05, 0) is 6.92 Å². The van der Waals surface area contributed by atoms with Crippen LogP contribution in [-0.4, -0.2) is 34.3 Å². The van der Waals surface area contributed by atoms with Gasteiger partial charge in [0.1, 0.15) is 0 Å². The van der Waals surface area contributed by atoms with Gasteiger partial charge in [0.05, 0.1) is 0 Å². The number of rotatable bonds is 9. The largest absolute Gasteiger partial charge is 0.503 e. The summed E-state index contributed by atoms with van der Waals surface area (Å²) in [7, 11) is -1.24. The van der Waals surface area contributed by atoms with Crippen molar-refractivity contribution < 1.29 is 22.8 Å². The van der Waals surface area contributed by atoms with Crippen LogP contribution in [0, 0.1) is 0 Å². The Balaban J connectivity index is 4.82. The fraction of sp³-hybridized carbons (Fsp3) is 0.750. The fourth-order valence-electron chi connectivity index (χ4n) is 1.56. The molecule has 0 aromatic rings. The molecule has 0 aliphatic rings. The molecule has 1 atom stereocenters. The van der Waals surface area contributed by atoms with Crippen molar-refractivity contribution in [1.82, 2.24) is 0 Å². The van der Waals surface area contributed by atoms with Crippen LogP contribution in [0.15, 0.2) is 12.7 Å². The third-order valence-electron chi connectivity index (χ3n) is 2.15. The lowest BCUT2D eigenvalue weighted by molar-refractivity contribution is -0.193. The van der Waals surface area contributed by atoms with Gasteiger partial charge in [0, 0.05) is 39.7 Å². The van der Waals surface area contributed by atoms with Crippen molar-refractivity contribution in [2.45, 2.75) is 45.9 Å². The van der Waals surface area contributed by atoms with Crippen LogP contribution < -0.4 is 0 Å². The second-order valence-electron chi connectivity index (χ2n) is 4.20. The lowest BCUT2D eigenvalue weighted by atomic mass is 10.4. The monoisotopic (exact) mass is 276 g/mol. The van der Waals surface area contributed by atoms with Crippen LogP contribution >= 0.6 is 0 Å². The molecule has 0 rings (SSSR count). The summed E-state index contributed by atoms with van der Waals surface area (Å²) in [5.74, 6) is -1.63. The van der Waals surface area contributed by atoms with Crippen molar-refractivity contribution in [3.05, 3.63) is 12.7 Å². The first kappa shape index (κ1) is 17.3. The maximum Gasteiger partial charge on any atom is 0.503 e. The highest BCUT2D eigenvalue weighted by atomic mass is 28.4. The molecule has 0 bridgehead atoms. The molecule has 0 saturated heterocycles. The summed E-state index contributed by atoms with van der Waals surface area (Å²) in [4.78, 5) is 11.2. The van der Waals surface area contributed by atoms with Gasteiger partial charge in [0.25, 0.3) is 0 Å². The summed E-state index contributed by atoms with van der Waals surface area (Å²) in [6, 6.07) is 0.673. The minimum atomic E-state index is -2.80. The van der Waals surface area contributed by atoms with E-state index in [2.05, 4.69) is 6.58 Å². The molecule has 0 aromatic heterocycles. The van der Waals surface area contributed by atoms with E-state index >= 15 is 0 Å². The third-order valence-corrected chi connectivity index (χ3v) is 5.41. The molecule has 0 aliphatic carbocycles. The van der Waals surface area contributed by atoms with Gasteiger partial charge >= 0.3 is 14.8 Å². The second kappa shape index (κ2) is 7.68. The van der Waals surface area contributed by atoms with Crippen LogP contribution in [0.5, 0.6) is 0 Å². The molecule has 0 amide bonds. The Bertz CT molecular complexity index is 272. The Morgan fingerprint density at radius 3 is 2.39 bits per heavy atom. The Morgan fingerprint density at radius 1 is 1.39 bits per heavy atom. The van der Waals surface area contributed by atoms with Gasteiger partial charge < -0.3 is 18.0 Å². The lowest BCUT2D eigenvalue weighted by Gasteiger charge is -2.35. The topological polar surface area (TPSA) is 54.0 Å². The SMILES string of the molecule is C=CC(=O)OC(C)(C)O[Si](CCC)(OC)OCC. The highest BCUT2D eigenvalue weighted by Gasteiger charge is 2.45. The number of esters is 1. The number of ether oxygens (including phenoxy) is 1. The van der Waals surface area contributed by atoms with E-state index in [1.807, 2.05) is 13.8 Å². The minimum Gasteiger partial charge on any atom is -0.431 e. The zero-order valence-electron chi connectivity index (χ0n) is 11.9. The van der Waals surface area contributed by atoms with E-state index in [4.69, 9.17) is 18.0 Å². The van der Waals surface area contributed by atoms with Crippen molar-refractivity contribution >= 4 is 14.8 Å². The standard InChI is InChI=1S/C12H24O5Si/c1-7-10-18(14-6,15-9-3)17-12(4,5)16-11(13)8-2/h8H,2,7,9-10H2,1,3-6H3. The Kier molecular flexibility index (Phi) is 7.38. The smallest absolute Gasteiger partial charge is 0.431 e. The summed E-state index contributed by atoms with van der Waals surface area (Å²) in [6.07, 6.45) is 1.97.